The molecule has 1 amide bonds. The SMILES string of the molecule is CC(=O)c1cc(F)ccc1OCC(=O)Nc1ccc2oc3ccccc3c2c1. The second kappa shape index (κ2) is 7.15. The molecule has 5 nitrogen and oxygen atoms in total. The molecule has 0 aliphatic carbocycles. The number of furan rings is 1. The van der Waals surface area contributed by atoms with E-state index in [2.05, 4.69) is 5.32 Å². The van der Waals surface area contributed by atoms with Crippen molar-refractivity contribution in [2.45, 2.75) is 6.92 Å². The highest BCUT2D eigenvalue weighted by molar-refractivity contribution is 6.07. The average molecular weight is 377 g/mol. The number of nitrogens with one attached hydrogen (secondary N) is 1. The van der Waals surface area contributed by atoms with Crippen LogP contribution in [-0.2, 0) is 4.79 Å². The van der Waals surface area contributed by atoms with Gasteiger partial charge >= 0.3 is 0 Å². The highest BCUT2D eigenvalue weighted by atomic mass is 19.1. The Morgan fingerprint density at radius 2 is 1.79 bits per heavy atom. The molecule has 3 aromatic carbocycles. The van der Waals surface area contributed by atoms with Crippen LogP contribution >= 0.6 is 0 Å². The van der Waals surface area contributed by atoms with E-state index in [9.17, 15) is 14.0 Å². The monoisotopic (exact) mass is 377 g/mol. The van der Waals surface area contributed by atoms with Crippen molar-refractivity contribution in [3.05, 3.63) is 72.0 Å². The van der Waals surface area contributed by atoms with E-state index in [1.807, 2.05) is 30.3 Å². The Morgan fingerprint density at radius 1 is 1.00 bits per heavy atom. The van der Waals surface area contributed by atoms with Gasteiger partial charge in [0.25, 0.3) is 5.91 Å². The maximum Gasteiger partial charge on any atom is 0.262 e. The number of hydrogen-bond donors (Lipinski definition) is 1. The average Bonchev–Trinajstić information content (AvgIpc) is 3.05. The first-order valence-electron chi connectivity index (χ1n) is 8.66. The number of anilines is 1. The number of rotatable bonds is 5. The molecule has 0 saturated carbocycles. The van der Waals surface area contributed by atoms with Crippen molar-refractivity contribution in [3.63, 3.8) is 0 Å². The number of ketones is 1. The molecule has 0 aliphatic rings. The van der Waals surface area contributed by atoms with Crippen LogP contribution in [0.1, 0.15) is 17.3 Å². The molecule has 0 spiro atoms. The Balaban J connectivity index is 1.50. The van der Waals surface area contributed by atoms with E-state index < -0.39 is 11.7 Å². The van der Waals surface area contributed by atoms with E-state index in [0.29, 0.717) is 5.69 Å². The molecule has 0 saturated heterocycles. The second-order valence-electron chi connectivity index (χ2n) is 6.34. The van der Waals surface area contributed by atoms with Crippen LogP contribution in [0.25, 0.3) is 21.9 Å². The molecule has 28 heavy (non-hydrogen) atoms. The summed E-state index contributed by atoms with van der Waals surface area (Å²) in [5.74, 6) is -1.11. The maximum atomic E-state index is 13.3. The second-order valence-corrected chi connectivity index (χ2v) is 6.34. The van der Waals surface area contributed by atoms with Crippen LogP contribution in [0.15, 0.2) is 65.1 Å². The third kappa shape index (κ3) is 3.44. The molecule has 0 fully saturated rings. The van der Waals surface area contributed by atoms with Crippen LogP contribution < -0.4 is 10.1 Å². The zero-order valence-electron chi connectivity index (χ0n) is 15.0. The molecule has 1 heterocycles. The Hall–Kier alpha value is -3.67. The Bertz CT molecular complexity index is 1210. The van der Waals surface area contributed by atoms with Crippen molar-refractivity contribution >= 4 is 39.3 Å². The van der Waals surface area contributed by atoms with E-state index in [-0.39, 0.29) is 23.7 Å². The Labute approximate surface area is 159 Å². The fourth-order valence-corrected chi connectivity index (χ4v) is 3.05. The zero-order chi connectivity index (χ0) is 19.7. The van der Waals surface area contributed by atoms with Gasteiger partial charge in [-0.25, -0.2) is 4.39 Å². The first kappa shape index (κ1) is 17.7. The van der Waals surface area contributed by atoms with E-state index in [4.69, 9.17) is 9.15 Å². The summed E-state index contributed by atoms with van der Waals surface area (Å²) >= 11 is 0. The molecule has 6 heteroatoms. The van der Waals surface area contributed by atoms with E-state index in [1.165, 1.54) is 19.1 Å². The van der Waals surface area contributed by atoms with Gasteiger partial charge in [-0.3, -0.25) is 9.59 Å². The van der Waals surface area contributed by atoms with Crippen molar-refractivity contribution in [2.75, 3.05) is 11.9 Å². The molecule has 4 aromatic rings. The quantitative estimate of drug-likeness (QED) is 0.500. The molecule has 1 N–H and O–H groups in total. The predicted molar refractivity (Wildman–Crippen MR) is 104 cm³/mol. The van der Waals surface area contributed by atoms with Crippen molar-refractivity contribution in [1.82, 2.24) is 0 Å². The van der Waals surface area contributed by atoms with Gasteiger partial charge in [-0.15, -0.1) is 0 Å². The number of carbonyl (C=O) groups excluding carboxylic acids is 2. The summed E-state index contributed by atoms with van der Waals surface area (Å²) < 4.78 is 24.5. The van der Waals surface area contributed by atoms with Crippen LogP contribution in [0.2, 0.25) is 0 Å². The van der Waals surface area contributed by atoms with E-state index in [1.54, 1.807) is 12.1 Å². The van der Waals surface area contributed by atoms with Gasteiger partial charge in [-0.1, -0.05) is 18.2 Å². The Morgan fingerprint density at radius 3 is 2.61 bits per heavy atom. The van der Waals surface area contributed by atoms with Gasteiger partial charge in [-0.2, -0.15) is 0 Å². The van der Waals surface area contributed by atoms with Gasteiger partial charge < -0.3 is 14.5 Å². The standard InChI is InChI=1S/C22H16FNO4/c1-13(25)17-10-14(23)6-8-19(17)27-12-22(26)24-15-7-9-21-18(11-15)16-4-2-3-5-20(16)28-21/h2-11H,12H2,1H3,(H,24,26). The van der Waals surface area contributed by atoms with Crippen molar-refractivity contribution in [1.29, 1.82) is 0 Å². The summed E-state index contributed by atoms with van der Waals surface area (Å²) in [5.41, 5.74) is 2.20. The molecule has 0 aliphatic heterocycles. The summed E-state index contributed by atoms with van der Waals surface area (Å²) in [6.45, 7) is 1.00. The molecular formula is C22H16FNO4. The number of halogens is 1. The number of ether oxygens (including phenoxy) is 1. The van der Waals surface area contributed by atoms with Gasteiger partial charge in [0, 0.05) is 16.5 Å². The number of carbonyl (C=O) groups is 2. The van der Waals surface area contributed by atoms with E-state index in [0.717, 1.165) is 28.0 Å². The van der Waals surface area contributed by atoms with Crippen LogP contribution in [-0.4, -0.2) is 18.3 Å². The number of Topliss-reactive ketones (excluding diaryl/α,β-unsaturated/α-hetero) is 1. The molecule has 1 aromatic heterocycles. The largest absolute Gasteiger partial charge is 0.483 e. The van der Waals surface area contributed by atoms with Crippen molar-refractivity contribution in [2.24, 2.45) is 0 Å². The minimum absolute atomic E-state index is 0.0964. The molecular weight excluding hydrogens is 361 g/mol. The van der Waals surface area contributed by atoms with Crippen molar-refractivity contribution < 1.29 is 23.1 Å². The minimum atomic E-state index is -0.539. The normalized spacial score (nSPS) is 10.9. The first-order valence-corrected chi connectivity index (χ1v) is 8.66. The maximum absolute atomic E-state index is 13.3. The molecule has 4 rings (SSSR count). The lowest BCUT2D eigenvalue weighted by molar-refractivity contribution is -0.118. The van der Waals surface area contributed by atoms with Crippen LogP contribution in [0.3, 0.4) is 0 Å². The number of hydrogen-bond acceptors (Lipinski definition) is 4. The Kier molecular flexibility index (Phi) is 4.53. The molecule has 0 unspecified atom stereocenters. The first-order chi connectivity index (χ1) is 13.5. The molecule has 140 valence electrons. The van der Waals surface area contributed by atoms with Crippen LogP contribution in [0.5, 0.6) is 5.75 Å². The van der Waals surface area contributed by atoms with Crippen LogP contribution in [0, 0.1) is 5.82 Å². The number of benzene rings is 3. The minimum Gasteiger partial charge on any atom is -0.483 e. The third-order valence-electron chi connectivity index (χ3n) is 4.34. The summed E-state index contributed by atoms with van der Waals surface area (Å²) in [6.07, 6.45) is 0. The highest BCUT2D eigenvalue weighted by Gasteiger charge is 2.13. The van der Waals surface area contributed by atoms with Gasteiger partial charge in [0.05, 0.1) is 5.56 Å². The fraction of sp³-hybridized carbons (Fsp3) is 0.0909. The summed E-state index contributed by atoms with van der Waals surface area (Å²) in [5, 5.41) is 4.61. The summed E-state index contributed by atoms with van der Waals surface area (Å²) in [7, 11) is 0. The van der Waals surface area contributed by atoms with Crippen LogP contribution in [0.4, 0.5) is 10.1 Å². The third-order valence-corrected chi connectivity index (χ3v) is 4.34. The molecule has 0 atom stereocenters. The number of fused-ring (bicyclic) bond motifs is 3. The van der Waals surface area contributed by atoms with Gasteiger partial charge in [0.2, 0.25) is 0 Å². The van der Waals surface area contributed by atoms with Gasteiger partial charge in [0.15, 0.2) is 12.4 Å². The molecule has 0 bridgehead atoms. The lowest BCUT2D eigenvalue weighted by Crippen LogP contribution is -2.20. The van der Waals surface area contributed by atoms with Gasteiger partial charge in [0.1, 0.15) is 22.7 Å². The highest BCUT2D eigenvalue weighted by Crippen LogP contribution is 2.30. The number of amides is 1. The van der Waals surface area contributed by atoms with E-state index >= 15 is 0 Å². The van der Waals surface area contributed by atoms with Gasteiger partial charge in [-0.05, 0) is 49.4 Å². The topological polar surface area (TPSA) is 68.5 Å². The summed E-state index contributed by atoms with van der Waals surface area (Å²) in [4.78, 5) is 23.9. The number of para-hydroxylation sites is 1. The predicted octanol–water partition coefficient (Wildman–Crippen LogP) is 4.95. The lowest BCUT2D eigenvalue weighted by Gasteiger charge is -2.10. The summed E-state index contributed by atoms with van der Waals surface area (Å²) in [6, 6.07) is 16.6. The smallest absolute Gasteiger partial charge is 0.262 e. The fourth-order valence-electron chi connectivity index (χ4n) is 3.05. The molecule has 0 radical (unpaired) electrons. The lowest BCUT2D eigenvalue weighted by atomic mass is 10.1. The zero-order valence-corrected chi connectivity index (χ0v) is 15.0. The van der Waals surface area contributed by atoms with Crippen molar-refractivity contribution in [3.8, 4) is 5.75 Å².